The Morgan fingerprint density at radius 2 is 2.09 bits per heavy atom. The van der Waals surface area contributed by atoms with Crippen LogP contribution in [0.1, 0.15) is 23.3 Å². The van der Waals surface area contributed by atoms with Crippen LogP contribution in [-0.4, -0.2) is 93.1 Å². The van der Waals surface area contributed by atoms with Crippen LogP contribution in [0.3, 0.4) is 0 Å². The minimum absolute atomic E-state index is 0.0209. The Morgan fingerprint density at radius 1 is 1.35 bits per heavy atom. The highest BCUT2D eigenvalue weighted by molar-refractivity contribution is 7.03. The average Bonchev–Trinajstić information content (AvgIpc) is 3.10. The lowest BCUT2D eigenvalue weighted by molar-refractivity contribution is -0.154. The van der Waals surface area contributed by atoms with E-state index in [1.807, 2.05) is 7.05 Å². The van der Waals surface area contributed by atoms with Crippen LogP contribution in [0.5, 0.6) is 0 Å². The summed E-state index contributed by atoms with van der Waals surface area (Å²) in [6.45, 7) is 2.84. The molecule has 0 unspecified atom stereocenters. The van der Waals surface area contributed by atoms with Crippen LogP contribution < -0.4 is 0 Å². The van der Waals surface area contributed by atoms with Gasteiger partial charge in [-0.1, -0.05) is 4.49 Å². The van der Waals surface area contributed by atoms with E-state index in [1.54, 1.807) is 15.2 Å². The standard InChI is InChI=1S/C14H21N5O3S/c1-17-6-7-19(8-9-20)13(22)14(17)2-4-18(5-3-14)12(21)11-10-23-16-15-11/h10,20H,2-9H2,1H3. The molecule has 126 valence electrons. The Bertz CT molecular complexity index is 571. The third-order valence-corrected chi connectivity index (χ3v) is 5.45. The molecule has 9 heteroatoms. The zero-order valence-corrected chi connectivity index (χ0v) is 14.0. The molecule has 0 saturated carbocycles. The molecule has 3 rings (SSSR count). The number of rotatable bonds is 3. The molecule has 2 fully saturated rings. The van der Waals surface area contributed by atoms with Crippen molar-refractivity contribution in [1.29, 1.82) is 0 Å². The third kappa shape index (κ3) is 2.84. The number of hydrogen-bond donors (Lipinski definition) is 1. The van der Waals surface area contributed by atoms with E-state index in [9.17, 15) is 9.59 Å². The number of piperidine rings is 1. The molecule has 0 bridgehead atoms. The van der Waals surface area contributed by atoms with Crippen molar-refractivity contribution in [1.82, 2.24) is 24.3 Å². The van der Waals surface area contributed by atoms with Gasteiger partial charge in [0.15, 0.2) is 5.69 Å². The molecule has 1 spiro atoms. The molecule has 0 aromatic carbocycles. The van der Waals surface area contributed by atoms with Crippen LogP contribution in [0, 0.1) is 0 Å². The summed E-state index contributed by atoms with van der Waals surface area (Å²) in [4.78, 5) is 30.8. The zero-order chi connectivity index (χ0) is 16.4. The number of likely N-dealkylation sites (tertiary alicyclic amines) is 1. The van der Waals surface area contributed by atoms with E-state index >= 15 is 0 Å². The highest BCUT2D eigenvalue weighted by atomic mass is 32.1. The van der Waals surface area contributed by atoms with E-state index in [2.05, 4.69) is 14.5 Å². The van der Waals surface area contributed by atoms with Crippen LogP contribution in [0.4, 0.5) is 0 Å². The Balaban J connectivity index is 1.70. The first-order valence-corrected chi connectivity index (χ1v) is 8.60. The van der Waals surface area contributed by atoms with Crippen LogP contribution >= 0.6 is 11.5 Å². The molecule has 1 N–H and O–H groups in total. The fraction of sp³-hybridized carbons (Fsp3) is 0.714. The molecule has 2 amide bonds. The maximum Gasteiger partial charge on any atom is 0.275 e. The van der Waals surface area contributed by atoms with Crippen molar-refractivity contribution in [3.63, 3.8) is 0 Å². The summed E-state index contributed by atoms with van der Waals surface area (Å²) in [6.07, 6.45) is 1.21. The van der Waals surface area contributed by atoms with Gasteiger partial charge in [-0.25, -0.2) is 0 Å². The van der Waals surface area contributed by atoms with Crippen molar-refractivity contribution in [3.8, 4) is 0 Å². The van der Waals surface area contributed by atoms with Gasteiger partial charge in [0.25, 0.3) is 5.91 Å². The highest BCUT2D eigenvalue weighted by Gasteiger charge is 2.49. The van der Waals surface area contributed by atoms with Crippen molar-refractivity contribution in [2.24, 2.45) is 0 Å². The molecule has 1 aromatic heterocycles. The van der Waals surface area contributed by atoms with Gasteiger partial charge < -0.3 is 14.9 Å². The van der Waals surface area contributed by atoms with E-state index in [4.69, 9.17) is 5.11 Å². The molecule has 8 nitrogen and oxygen atoms in total. The Morgan fingerprint density at radius 3 is 2.70 bits per heavy atom. The molecule has 3 heterocycles. The summed E-state index contributed by atoms with van der Waals surface area (Å²) >= 11 is 1.16. The number of piperazine rings is 1. The van der Waals surface area contributed by atoms with E-state index in [1.165, 1.54) is 0 Å². The first-order valence-electron chi connectivity index (χ1n) is 7.76. The molecule has 2 aliphatic rings. The van der Waals surface area contributed by atoms with E-state index in [-0.39, 0.29) is 18.4 Å². The largest absolute Gasteiger partial charge is 0.395 e. The van der Waals surface area contributed by atoms with Gasteiger partial charge in [-0.15, -0.1) is 5.10 Å². The molecule has 1 aromatic rings. The number of aromatic nitrogens is 2. The maximum atomic E-state index is 12.9. The lowest BCUT2D eigenvalue weighted by Crippen LogP contribution is -2.68. The first-order chi connectivity index (χ1) is 11.1. The number of aliphatic hydroxyl groups excluding tert-OH is 1. The summed E-state index contributed by atoms with van der Waals surface area (Å²) in [5, 5.41) is 14.6. The molecular formula is C14H21N5O3S. The second-order valence-electron chi connectivity index (χ2n) is 6.05. The Labute approximate surface area is 138 Å². The van der Waals surface area contributed by atoms with Crippen molar-refractivity contribution >= 4 is 23.3 Å². The minimum Gasteiger partial charge on any atom is -0.395 e. The lowest BCUT2D eigenvalue weighted by atomic mass is 9.82. The average molecular weight is 339 g/mol. The fourth-order valence-electron chi connectivity index (χ4n) is 3.47. The van der Waals surface area contributed by atoms with Gasteiger partial charge in [-0.05, 0) is 31.4 Å². The van der Waals surface area contributed by atoms with Gasteiger partial charge in [0.05, 0.1) is 6.61 Å². The zero-order valence-electron chi connectivity index (χ0n) is 13.1. The van der Waals surface area contributed by atoms with Crippen molar-refractivity contribution in [3.05, 3.63) is 11.1 Å². The second kappa shape index (κ2) is 6.50. The lowest BCUT2D eigenvalue weighted by Gasteiger charge is -2.51. The van der Waals surface area contributed by atoms with Crippen molar-refractivity contribution < 1.29 is 14.7 Å². The SMILES string of the molecule is CN1CCN(CCO)C(=O)C12CCN(C(=O)c1csnn1)CC2. The number of aliphatic hydroxyl groups is 1. The topological polar surface area (TPSA) is 89.9 Å². The van der Waals surface area contributed by atoms with Crippen LogP contribution in [-0.2, 0) is 4.79 Å². The smallest absolute Gasteiger partial charge is 0.275 e. The predicted octanol–water partition coefficient (Wildman–Crippen LogP) is -0.721. The number of carbonyl (C=O) groups is 2. The van der Waals surface area contributed by atoms with Gasteiger partial charge in [-0.3, -0.25) is 14.5 Å². The van der Waals surface area contributed by atoms with Crippen LogP contribution in [0.15, 0.2) is 5.38 Å². The second-order valence-corrected chi connectivity index (χ2v) is 6.66. The summed E-state index contributed by atoms with van der Waals surface area (Å²) < 4.78 is 3.73. The highest BCUT2D eigenvalue weighted by Crippen LogP contribution is 2.33. The Hall–Kier alpha value is -1.58. The minimum atomic E-state index is -0.551. The molecular weight excluding hydrogens is 318 g/mol. The first kappa shape index (κ1) is 16.3. The molecule has 0 atom stereocenters. The number of hydrogen-bond acceptors (Lipinski definition) is 7. The van der Waals surface area contributed by atoms with Crippen molar-refractivity contribution in [2.75, 3.05) is 46.4 Å². The normalized spacial score (nSPS) is 21.9. The molecule has 2 saturated heterocycles. The summed E-state index contributed by atoms with van der Waals surface area (Å²) in [5.41, 5.74) is -0.180. The number of amides is 2. The van der Waals surface area contributed by atoms with Crippen molar-refractivity contribution in [2.45, 2.75) is 18.4 Å². The maximum absolute atomic E-state index is 12.9. The van der Waals surface area contributed by atoms with Gasteiger partial charge in [0, 0.05) is 38.1 Å². The van der Waals surface area contributed by atoms with E-state index < -0.39 is 5.54 Å². The summed E-state index contributed by atoms with van der Waals surface area (Å²) in [6, 6.07) is 0. The number of likely N-dealkylation sites (N-methyl/N-ethyl adjacent to an activating group) is 1. The van der Waals surface area contributed by atoms with E-state index in [0.29, 0.717) is 44.7 Å². The van der Waals surface area contributed by atoms with Crippen LogP contribution in [0.2, 0.25) is 0 Å². The molecule has 23 heavy (non-hydrogen) atoms. The number of carbonyl (C=O) groups excluding carboxylic acids is 2. The van der Waals surface area contributed by atoms with Gasteiger partial charge in [0.1, 0.15) is 5.54 Å². The number of β-amino-alcohol motifs (C(OH)–C–C–N with tert-alkyl or cyclic N) is 1. The number of nitrogens with zero attached hydrogens (tertiary/aromatic N) is 5. The third-order valence-electron chi connectivity index (χ3n) is 4.95. The van der Waals surface area contributed by atoms with Gasteiger partial charge in [-0.2, -0.15) is 0 Å². The molecule has 2 aliphatic heterocycles. The fourth-order valence-corrected chi connectivity index (χ4v) is 3.90. The van der Waals surface area contributed by atoms with Gasteiger partial charge >= 0.3 is 0 Å². The quantitative estimate of drug-likeness (QED) is 0.782. The van der Waals surface area contributed by atoms with Gasteiger partial charge in [0.2, 0.25) is 5.91 Å². The van der Waals surface area contributed by atoms with E-state index in [0.717, 1.165) is 18.1 Å². The summed E-state index contributed by atoms with van der Waals surface area (Å²) in [7, 11) is 1.97. The molecule has 0 aliphatic carbocycles. The molecule has 0 radical (unpaired) electrons. The monoisotopic (exact) mass is 339 g/mol. The van der Waals surface area contributed by atoms with Crippen LogP contribution in [0.25, 0.3) is 0 Å². The summed E-state index contributed by atoms with van der Waals surface area (Å²) in [5.74, 6) is -0.0468. The Kier molecular flexibility index (Phi) is 4.60. The predicted molar refractivity (Wildman–Crippen MR) is 84.1 cm³/mol.